The van der Waals surface area contributed by atoms with Crippen molar-refractivity contribution in [1.82, 2.24) is 18.9 Å². The zero-order valence-corrected chi connectivity index (χ0v) is 17.8. The Hall–Kier alpha value is -3.07. The fourth-order valence-corrected chi connectivity index (χ4v) is 5.89. The Labute approximate surface area is 184 Å². The topological polar surface area (TPSA) is 124 Å². The molecule has 9 nitrogen and oxygen atoms in total. The van der Waals surface area contributed by atoms with Crippen LogP contribution in [0.5, 0.6) is 0 Å². The summed E-state index contributed by atoms with van der Waals surface area (Å²) >= 11 is 0. The van der Waals surface area contributed by atoms with Crippen LogP contribution >= 0.6 is 0 Å². The van der Waals surface area contributed by atoms with Crippen LogP contribution in [0.1, 0.15) is 24.8 Å². The average Bonchev–Trinajstić information content (AvgIpc) is 3.60. The molecule has 1 aromatic carbocycles. The molecule has 0 bridgehead atoms. The molecule has 1 aliphatic carbocycles. The van der Waals surface area contributed by atoms with E-state index in [2.05, 4.69) is 21.5 Å². The molecule has 5 rings (SSSR count). The van der Waals surface area contributed by atoms with Crippen molar-refractivity contribution in [1.29, 1.82) is 5.26 Å². The van der Waals surface area contributed by atoms with Crippen LogP contribution in [0.2, 0.25) is 0 Å². The van der Waals surface area contributed by atoms with Gasteiger partial charge >= 0.3 is 0 Å². The molecule has 1 aliphatic heterocycles. The molecule has 2 atom stereocenters. The lowest BCUT2D eigenvalue weighted by atomic mass is 10.0. The summed E-state index contributed by atoms with van der Waals surface area (Å²) in [7, 11) is -3.34. The second-order valence-corrected chi connectivity index (χ2v) is 10.4. The van der Waals surface area contributed by atoms with E-state index in [0.717, 1.165) is 0 Å². The number of fused-ring (bicyclic) bond motifs is 1. The molecule has 2 aliphatic rings. The van der Waals surface area contributed by atoms with Gasteiger partial charge in [-0.05, 0) is 31.4 Å². The Balaban J connectivity index is 1.39. The van der Waals surface area contributed by atoms with Crippen molar-refractivity contribution >= 4 is 21.5 Å². The lowest BCUT2D eigenvalue weighted by Crippen LogP contribution is -2.52. The van der Waals surface area contributed by atoms with E-state index in [0.29, 0.717) is 42.6 Å². The number of nitrogens with one attached hydrogen (secondary N) is 1. The highest BCUT2D eigenvalue weighted by Crippen LogP contribution is 2.33. The highest BCUT2D eigenvalue weighted by Gasteiger charge is 2.43. The third-order valence-electron chi connectivity index (χ3n) is 5.92. The minimum absolute atomic E-state index is 0.0170. The van der Waals surface area contributed by atoms with Crippen molar-refractivity contribution in [2.75, 3.05) is 18.4 Å². The van der Waals surface area contributed by atoms with E-state index >= 15 is 0 Å². The van der Waals surface area contributed by atoms with Crippen molar-refractivity contribution in [3.8, 4) is 17.3 Å². The number of nitrogens with zero attached hydrogens (tertiary/aromatic N) is 5. The fourth-order valence-electron chi connectivity index (χ4n) is 4.02. The second kappa shape index (κ2) is 7.81. The Morgan fingerprint density at radius 1 is 1.25 bits per heavy atom. The van der Waals surface area contributed by atoms with Gasteiger partial charge in [0.1, 0.15) is 5.52 Å². The summed E-state index contributed by atoms with van der Waals surface area (Å²) in [5.74, 6) is -0.305. The van der Waals surface area contributed by atoms with Gasteiger partial charge in [-0.1, -0.05) is 12.1 Å². The van der Waals surface area contributed by atoms with E-state index in [1.807, 2.05) is 0 Å². The number of rotatable bonds is 5. The standard InChI is InChI=1S/C21H21FN6O3S/c22-16-9-18(14-3-1-2-13(8-14)10-23)28-19(16)11-24-21(26-28)25-17-6-7-27(12-20(17)29)32(30,31)15-4-5-15/h1-3,8-9,11,15,17,20,29H,4-7,12H2,(H,25,26)/t17-,20-/m1/s1. The summed E-state index contributed by atoms with van der Waals surface area (Å²) in [6.07, 6.45) is 2.17. The summed E-state index contributed by atoms with van der Waals surface area (Å²) in [6.45, 7) is 0.323. The molecule has 11 heteroatoms. The van der Waals surface area contributed by atoms with Gasteiger partial charge in [-0.3, -0.25) is 0 Å². The van der Waals surface area contributed by atoms with Gasteiger partial charge in [-0.25, -0.2) is 22.3 Å². The van der Waals surface area contributed by atoms with Crippen molar-refractivity contribution in [3.63, 3.8) is 0 Å². The maximum Gasteiger partial charge on any atom is 0.241 e. The van der Waals surface area contributed by atoms with Gasteiger partial charge in [0, 0.05) is 24.7 Å². The molecule has 2 aromatic heterocycles. The van der Waals surface area contributed by atoms with Crippen molar-refractivity contribution in [2.45, 2.75) is 36.7 Å². The number of aromatic nitrogens is 3. The van der Waals surface area contributed by atoms with Crippen LogP contribution < -0.4 is 5.32 Å². The molecule has 166 valence electrons. The van der Waals surface area contributed by atoms with Crippen LogP contribution in [-0.2, 0) is 10.0 Å². The van der Waals surface area contributed by atoms with E-state index in [4.69, 9.17) is 5.26 Å². The van der Waals surface area contributed by atoms with Gasteiger partial charge < -0.3 is 10.4 Å². The van der Waals surface area contributed by atoms with E-state index in [-0.39, 0.29) is 23.3 Å². The maximum atomic E-state index is 14.5. The molecule has 2 N–H and O–H groups in total. The number of aliphatic hydroxyl groups is 1. The van der Waals surface area contributed by atoms with E-state index in [1.54, 1.807) is 24.3 Å². The van der Waals surface area contributed by atoms with Crippen molar-refractivity contribution in [3.05, 3.63) is 47.9 Å². The van der Waals surface area contributed by atoms with Gasteiger partial charge in [0.2, 0.25) is 16.0 Å². The SMILES string of the molecule is N#Cc1cccc(-c2cc(F)c3cnc(N[C@@H]4CCN(S(=O)(=O)C5CC5)C[C@H]4O)nn23)c1. The van der Waals surface area contributed by atoms with Crippen LogP contribution in [0, 0.1) is 17.1 Å². The number of sulfonamides is 1. The first-order valence-corrected chi connectivity index (χ1v) is 11.9. The number of piperidine rings is 1. The zero-order valence-electron chi connectivity index (χ0n) is 17.0. The second-order valence-electron chi connectivity index (χ2n) is 8.16. The predicted octanol–water partition coefficient (Wildman–Crippen LogP) is 1.75. The van der Waals surface area contributed by atoms with Crippen molar-refractivity contribution < 1.29 is 17.9 Å². The molecule has 0 spiro atoms. The predicted molar refractivity (Wildman–Crippen MR) is 115 cm³/mol. The fraction of sp³-hybridized carbons (Fsp3) is 0.381. The molecule has 0 unspecified atom stereocenters. The summed E-state index contributed by atoms with van der Waals surface area (Å²) in [4.78, 5) is 4.16. The Morgan fingerprint density at radius 2 is 2.06 bits per heavy atom. The first-order chi connectivity index (χ1) is 15.4. The lowest BCUT2D eigenvalue weighted by Gasteiger charge is -2.35. The van der Waals surface area contributed by atoms with Crippen molar-refractivity contribution in [2.24, 2.45) is 0 Å². The quantitative estimate of drug-likeness (QED) is 0.599. The van der Waals surface area contributed by atoms with Crippen LogP contribution in [0.3, 0.4) is 0 Å². The number of nitriles is 1. The van der Waals surface area contributed by atoms with E-state index < -0.39 is 28.0 Å². The largest absolute Gasteiger partial charge is 0.390 e. The van der Waals surface area contributed by atoms with Crippen LogP contribution in [-0.4, -0.2) is 62.9 Å². The van der Waals surface area contributed by atoms with Gasteiger partial charge in [0.05, 0.1) is 40.9 Å². The van der Waals surface area contributed by atoms with Gasteiger partial charge in [-0.15, -0.1) is 5.10 Å². The molecule has 0 amide bonds. The molecular weight excluding hydrogens is 435 g/mol. The maximum absolute atomic E-state index is 14.5. The molecule has 3 heterocycles. The van der Waals surface area contributed by atoms with Gasteiger partial charge in [0.15, 0.2) is 5.82 Å². The first-order valence-electron chi connectivity index (χ1n) is 10.3. The molecule has 1 saturated carbocycles. The molecule has 3 aromatic rings. The third kappa shape index (κ3) is 3.70. The normalized spacial score (nSPS) is 22.0. The molecule has 32 heavy (non-hydrogen) atoms. The molecule has 1 saturated heterocycles. The van der Waals surface area contributed by atoms with Crippen LogP contribution in [0.15, 0.2) is 36.5 Å². The molecule has 2 fully saturated rings. The number of benzene rings is 1. The third-order valence-corrected chi connectivity index (χ3v) is 8.29. The van der Waals surface area contributed by atoms with Crippen LogP contribution in [0.25, 0.3) is 16.8 Å². The summed E-state index contributed by atoms with van der Waals surface area (Å²) in [6, 6.07) is 9.74. The van der Waals surface area contributed by atoms with Gasteiger partial charge in [0.25, 0.3) is 0 Å². The first kappa shape index (κ1) is 20.8. The molecular formula is C21H21FN6O3S. The highest BCUT2D eigenvalue weighted by atomic mass is 32.2. The minimum Gasteiger partial charge on any atom is -0.390 e. The number of hydrogen-bond donors (Lipinski definition) is 2. The van der Waals surface area contributed by atoms with Gasteiger partial charge in [-0.2, -0.15) is 9.57 Å². The summed E-state index contributed by atoms with van der Waals surface area (Å²) in [5.41, 5.74) is 1.72. The monoisotopic (exact) mass is 456 g/mol. The minimum atomic E-state index is -3.34. The number of β-amino-alcohol motifs (C(OH)–C–C–N with tert-alkyl or cyclic N) is 1. The Kier molecular flexibility index (Phi) is 5.08. The van der Waals surface area contributed by atoms with E-state index in [9.17, 15) is 17.9 Å². The molecule has 0 radical (unpaired) electrons. The Bertz CT molecular complexity index is 1330. The smallest absolute Gasteiger partial charge is 0.241 e. The number of aliphatic hydroxyl groups excluding tert-OH is 1. The summed E-state index contributed by atoms with van der Waals surface area (Å²) < 4.78 is 42.1. The summed E-state index contributed by atoms with van der Waals surface area (Å²) in [5, 5.41) is 26.8. The van der Waals surface area contributed by atoms with E-state index in [1.165, 1.54) is 21.1 Å². The number of hydrogen-bond acceptors (Lipinski definition) is 7. The zero-order chi connectivity index (χ0) is 22.5. The number of anilines is 1. The Morgan fingerprint density at radius 3 is 2.78 bits per heavy atom. The van der Waals surface area contributed by atoms with Crippen LogP contribution in [0.4, 0.5) is 10.3 Å². The lowest BCUT2D eigenvalue weighted by molar-refractivity contribution is 0.0946. The highest BCUT2D eigenvalue weighted by molar-refractivity contribution is 7.90. The number of halogens is 1. The average molecular weight is 457 g/mol.